The highest BCUT2D eigenvalue weighted by atomic mass is 35.5. The Morgan fingerprint density at radius 1 is 1.35 bits per heavy atom. The second kappa shape index (κ2) is 6.49. The molecule has 0 aliphatic carbocycles. The van der Waals surface area contributed by atoms with Crippen LogP contribution in [0.25, 0.3) is 0 Å². The summed E-state index contributed by atoms with van der Waals surface area (Å²) in [6.07, 6.45) is 5.01. The largest absolute Gasteiger partial charge is 0.253 e. The summed E-state index contributed by atoms with van der Waals surface area (Å²) in [7, 11) is -3.64. The minimum absolute atomic E-state index is 0.0207. The molecule has 2 aromatic heterocycles. The maximum Gasteiger partial charge on any atom is 0.242 e. The van der Waals surface area contributed by atoms with Crippen molar-refractivity contribution in [1.82, 2.24) is 24.7 Å². The lowest BCUT2D eigenvalue weighted by Crippen LogP contribution is -2.25. The fraction of sp³-hybridized carbons (Fsp3) is 0.300. The Morgan fingerprint density at radius 2 is 2.15 bits per heavy atom. The first kappa shape index (κ1) is 15.2. The number of sulfonamides is 1. The molecule has 10 heteroatoms. The van der Waals surface area contributed by atoms with Crippen molar-refractivity contribution in [3.8, 4) is 0 Å². The highest BCUT2D eigenvalue weighted by molar-refractivity contribution is 7.89. The molecule has 0 amide bonds. The Kier molecular flexibility index (Phi) is 4.92. The average molecular weight is 336 g/mol. The number of hydrogen-bond donors (Lipinski definition) is 1. The van der Waals surface area contributed by atoms with Crippen molar-refractivity contribution in [2.75, 3.05) is 6.54 Å². The maximum atomic E-state index is 12.0. The first-order valence-corrected chi connectivity index (χ1v) is 7.88. The lowest BCUT2D eigenvalue weighted by Gasteiger charge is -2.07. The average Bonchev–Trinajstić information content (AvgIpc) is 2.91. The molecule has 0 aliphatic heterocycles. The summed E-state index contributed by atoms with van der Waals surface area (Å²) in [4.78, 5) is 3.69. The summed E-state index contributed by atoms with van der Waals surface area (Å²) >= 11 is 11.4. The second-order valence-corrected chi connectivity index (χ2v) is 6.39. The van der Waals surface area contributed by atoms with Crippen LogP contribution in [0.15, 0.2) is 29.6 Å². The number of aryl methyl sites for hydroxylation is 1. The van der Waals surface area contributed by atoms with E-state index in [1.165, 1.54) is 6.07 Å². The van der Waals surface area contributed by atoms with Gasteiger partial charge in [0.15, 0.2) is 0 Å². The van der Waals surface area contributed by atoms with Crippen molar-refractivity contribution in [3.63, 3.8) is 0 Å². The van der Waals surface area contributed by atoms with Crippen LogP contribution in [0, 0.1) is 0 Å². The van der Waals surface area contributed by atoms with Gasteiger partial charge in [0.25, 0.3) is 0 Å². The van der Waals surface area contributed by atoms with Gasteiger partial charge in [0.05, 0.1) is 11.2 Å². The number of hydrogen-bond acceptors (Lipinski definition) is 5. The third-order valence-corrected chi connectivity index (χ3v) is 4.52. The van der Waals surface area contributed by atoms with Gasteiger partial charge in [0, 0.05) is 25.5 Å². The summed E-state index contributed by atoms with van der Waals surface area (Å²) in [6.45, 7) is 0.838. The van der Waals surface area contributed by atoms with Crippen LogP contribution < -0.4 is 4.72 Å². The lowest BCUT2D eigenvalue weighted by atomic mass is 10.4. The van der Waals surface area contributed by atoms with Crippen molar-refractivity contribution < 1.29 is 8.42 Å². The van der Waals surface area contributed by atoms with Crippen LogP contribution in [0.3, 0.4) is 0 Å². The minimum Gasteiger partial charge on any atom is -0.253 e. The van der Waals surface area contributed by atoms with Gasteiger partial charge in [-0.2, -0.15) is 0 Å². The molecule has 2 aromatic rings. The maximum absolute atomic E-state index is 12.0. The molecule has 0 radical (unpaired) electrons. The Morgan fingerprint density at radius 3 is 2.80 bits per heavy atom. The van der Waals surface area contributed by atoms with Crippen molar-refractivity contribution in [1.29, 1.82) is 0 Å². The molecule has 2 heterocycles. The van der Waals surface area contributed by atoms with Gasteiger partial charge < -0.3 is 0 Å². The number of halogens is 2. The smallest absolute Gasteiger partial charge is 0.242 e. The summed E-state index contributed by atoms with van der Waals surface area (Å²) in [6, 6.07) is 1.26. The monoisotopic (exact) mass is 335 g/mol. The van der Waals surface area contributed by atoms with E-state index in [1.54, 1.807) is 17.1 Å². The molecule has 0 atom stereocenters. The molecule has 0 aromatic carbocycles. The summed E-state index contributed by atoms with van der Waals surface area (Å²) < 4.78 is 28.0. The topological polar surface area (TPSA) is 89.8 Å². The third kappa shape index (κ3) is 3.89. The van der Waals surface area contributed by atoms with E-state index in [4.69, 9.17) is 23.2 Å². The number of pyridine rings is 1. The zero-order valence-corrected chi connectivity index (χ0v) is 12.5. The molecule has 20 heavy (non-hydrogen) atoms. The van der Waals surface area contributed by atoms with Gasteiger partial charge in [-0.15, -0.1) is 5.10 Å². The van der Waals surface area contributed by atoms with E-state index in [2.05, 4.69) is 20.0 Å². The third-order valence-electron chi connectivity index (χ3n) is 2.41. The van der Waals surface area contributed by atoms with Crippen LogP contribution in [0.4, 0.5) is 0 Å². The molecule has 0 aliphatic rings. The van der Waals surface area contributed by atoms with Crippen molar-refractivity contribution in [2.45, 2.75) is 17.9 Å². The van der Waals surface area contributed by atoms with Crippen LogP contribution >= 0.6 is 23.2 Å². The lowest BCUT2D eigenvalue weighted by molar-refractivity contribution is 0.542. The molecular weight excluding hydrogens is 325 g/mol. The highest BCUT2D eigenvalue weighted by Crippen LogP contribution is 2.21. The van der Waals surface area contributed by atoms with Gasteiger partial charge in [0.1, 0.15) is 10.0 Å². The van der Waals surface area contributed by atoms with Gasteiger partial charge in [-0.05, 0) is 12.5 Å². The van der Waals surface area contributed by atoms with Crippen molar-refractivity contribution in [3.05, 3.63) is 34.8 Å². The fourth-order valence-electron chi connectivity index (χ4n) is 1.43. The van der Waals surface area contributed by atoms with E-state index in [1.807, 2.05) is 0 Å². The van der Waals surface area contributed by atoms with E-state index in [0.717, 1.165) is 6.20 Å². The molecule has 0 bridgehead atoms. The molecular formula is C10H11Cl2N5O2S. The van der Waals surface area contributed by atoms with E-state index in [9.17, 15) is 8.42 Å². The number of nitrogens with one attached hydrogen (secondary N) is 1. The SMILES string of the molecule is O=S(=O)(NCCCn1ccnn1)c1cnc(Cl)c(Cl)c1. The predicted octanol–water partition coefficient (Wildman–Crippen LogP) is 1.35. The molecule has 0 saturated carbocycles. The van der Waals surface area contributed by atoms with Gasteiger partial charge in [-0.1, -0.05) is 28.4 Å². The second-order valence-electron chi connectivity index (χ2n) is 3.86. The van der Waals surface area contributed by atoms with Gasteiger partial charge >= 0.3 is 0 Å². The highest BCUT2D eigenvalue weighted by Gasteiger charge is 2.15. The Hall–Kier alpha value is -1.22. The molecule has 2 rings (SSSR count). The zero-order valence-electron chi connectivity index (χ0n) is 10.2. The quantitative estimate of drug-likeness (QED) is 0.635. The number of rotatable bonds is 6. The van der Waals surface area contributed by atoms with E-state index >= 15 is 0 Å². The first-order valence-electron chi connectivity index (χ1n) is 5.64. The molecule has 108 valence electrons. The minimum atomic E-state index is -3.64. The van der Waals surface area contributed by atoms with Crippen LogP contribution in [0.1, 0.15) is 6.42 Å². The van der Waals surface area contributed by atoms with Crippen LogP contribution in [-0.2, 0) is 16.6 Å². The van der Waals surface area contributed by atoms with Gasteiger partial charge in [-0.3, -0.25) is 4.68 Å². The van der Waals surface area contributed by atoms with Crippen molar-refractivity contribution in [2.24, 2.45) is 0 Å². The van der Waals surface area contributed by atoms with Gasteiger partial charge in [-0.25, -0.2) is 18.1 Å². The molecule has 0 fully saturated rings. The molecule has 1 N–H and O–H groups in total. The summed E-state index contributed by atoms with van der Waals surface area (Å²) in [5, 5.41) is 7.59. The fourth-order valence-corrected chi connectivity index (χ4v) is 2.81. The molecule has 0 unspecified atom stereocenters. The Balaban J connectivity index is 1.92. The standard InChI is InChI=1S/C10H11Cl2N5O2S/c11-9-6-8(7-13-10(9)12)20(18,19)15-2-1-4-17-5-3-14-16-17/h3,5-7,15H,1-2,4H2. The predicted molar refractivity (Wildman–Crippen MR) is 74.1 cm³/mol. The van der Waals surface area contributed by atoms with Crippen LogP contribution in [-0.4, -0.2) is 34.9 Å². The molecule has 7 nitrogen and oxygen atoms in total. The summed E-state index contributed by atoms with van der Waals surface area (Å²) in [5.41, 5.74) is 0. The molecule has 0 spiro atoms. The molecule has 0 saturated heterocycles. The van der Waals surface area contributed by atoms with E-state index < -0.39 is 10.0 Å². The Labute approximate surface area is 126 Å². The normalized spacial score (nSPS) is 11.7. The zero-order chi connectivity index (χ0) is 14.6. The number of aromatic nitrogens is 4. The Bertz CT molecular complexity index is 675. The summed E-state index contributed by atoms with van der Waals surface area (Å²) in [5.74, 6) is 0. The van der Waals surface area contributed by atoms with E-state index in [0.29, 0.717) is 13.0 Å². The number of nitrogens with zero attached hydrogens (tertiary/aromatic N) is 4. The first-order chi connectivity index (χ1) is 9.49. The van der Waals surface area contributed by atoms with E-state index in [-0.39, 0.29) is 21.6 Å². The van der Waals surface area contributed by atoms with Crippen LogP contribution in [0.2, 0.25) is 10.2 Å². The van der Waals surface area contributed by atoms with Gasteiger partial charge in [0.2, 0.25) is 10.0 Å². The van der Waals surface area contributed by atoms with Crippen LogP contribution in [0.5, 0.6) is 0 Å². The van der Waals surface area contributed by atoms with Crippen molar-refractivity contribution >= 4 is 33.2 Å².